The van der Waals surface area contributed by atoms with Gasteiger partial charge in [0.25, 0.3) is 0 Å². The molecule has 7 nitrogen and oxygen atoms in total. The number of benzene rings is 1. The fourth-order valence-corrected chi connectivity index (χ4v) is 2.48. The standard InChI is InChI=1S/C15H14N2O5S/c1-21-11-7-10(8-12(9-11)22-2)16-14(18)5-3-13-4-6-15(23-13)17(19)20/h3-9H,1-2H3,(H,16,18)/b5-3+. The van der Waals surface area contributed by atoms with Gasteiger partial charge in [0, 0.05) is 40.9 Å². The van der Waals surface area contributed by atoms with E-state index in [1.807, 2.05) is 0 Å². The summed E-state index contributed by atoms with van der Waals surface area (Å²) >= 11 is 0.996. The summed E-state index contributed by atoms with van der Waals surface area (Å²) in [5.41, 5.74) is 0.521. The molecule has 1 aromatic carbocycles. The Balaban J connectivity index is 2.06. The van der Waals surface area contributed by atoms with Crippen LogP contribution >= 0.6 is 11.3 Å². The maximum Gasteiger partial charge on any atom is 0.324 e. The fourth-order valence-electron chi connectivity index (χ4n) is 1.75. The number of nitro groups is 1. The SMILES string of the molecule is COc1cc(NC(=O)/C=C/c2ccc([N+](=O)[O-])s2)cc(OC)c1. The van der Waals surface area contributed by atoms with E-state index in [9.17, 15) is 14.9 Å². The minimum absolute atomic E-state index is 0.0302. The van der Waals surface area contributed by atoms with Crippen LogP contribution < -0.4 is 14.8 Å². The number of thiophene rings is 1. The first-order valence-corrected chi connectivity index (χ1v) is 7.30. The Bertz CT molecular complexity index is 732. The third-order valence-electron chi connectivity index (χ3n) is 2.81. The number of carbonyl (C=O) groups is 1. The summed E-state index contributed by atoms with van der Waals surface area (Å²) in [5, 5.41) is 13.3. The number of nitrogens with one attached hydrogen (secondary N) is 1. The zero-order valence-electron chi connectivity index (χ0n) is 12.4. The maximum absolute atomic E-state index is 11.9. The van der Waals surface area contributed by atoms with Gasteiger partial charge >= 0.3 is 5.00 Å². The van der Waals surface area contributed by atoms with Crippen LogP contribution in [-0.4, -0.2) is 25.1 Å². The summed E-state index contributed by atoms with van der Waals surface area (Å²) in [5.74, 6) is 0.742. The van der Waals surface area contributed by atoms with Crippen LogP contribution in [0.4, 0.5) is 10.7 Å². The Hall–Kier alpha value is -2.87. The van der Waals surface area contributed by atoms with Gasteiger partial charge in [-0.2, -0.15) is 0 Å². The summed E-state index contributed by atoms with van der Waals surface area (Å²) in [4.78, 5) is 22.7. The van der Waals surface area contributed by atoms with Gasteiger partial charge in [-0.05, 0) is 12.1 Å². The van der Waals surface area contributed by atoms with Crippen molar-refractivity contribution < 1.29 is 19.2 Å². The summed E-state index contributed by atoms with van der Waals surface area (Å²) in [6, 6.07) is 7.99. The Morgan fingerprint density at radius 2 is 1.87 bits per heavy atom. The number of nitrogens with zero attached hydrogens (tertiary/aromatic N) is 1. The smallest absolute Gasteiger partial charge is 0.324 e. The molecule has 0 aliphatic rings. The molecular weight excluding hydrogens is 320 g/mol. The highest BCUT2D eigenvalue weighted by atomic mass is 32.1. The van der Waals surface area contributed by atoms with Gasteiger partial charge in [-0.3, -0.25) is 14.9 Å². The summed E-state index contributed by atoms with van der Waals surface area (Å²) in [6.07, 6.45) is 2.83. The lowest BCUT2D eigenvalue weighted by Gasteiger charge is -2.08. The van der Waals surface area contributed by atoms with Crippen LogP contribution in [0.15, 0.2) is 36.4 Å². The van der Waals surface area contributed by atoms with E-state index in [2.05, 4.69) is 5.32 Å². The molecule has 0 radical (unpaired) electrons. The minimum Gasteiger partial charge on any atom is -0.497 e. The first-order valence-electron chi connectivity index (χ1n) is 6.48. The molecule has 1 heterocycles. The monoisotopic (exact) mass is 334 g/mol. The highest BCUT2D eigenvalue weighted by Gasteiger charge is 2.08. The van der Waals surface area contributed by atoms with Gasteiger partial charge < -0.3 is 14.8 Å². The van der Waals surface area contributed by atoms with Gasteiger partial charge in [0.15, 0.2) is 0 Å². The Kier molecular flexibility index (Phi) is 5.32. The van der Waals surface area contributed by atoms with Crippen LogP contribution in [0.25, 0.3) is 6.08 Å². The second kappa shape index (κ2) is 7.41. The molecule has 120 valence electrons. The molecule has 0 saturated carbocycles. The predicted octanol–water partition coefficient (Wildman–Crippen LogP) is 3.33. The van der Waals surface area contributed by atoms with Gasteiger partial charge in [-0.25, -0.2) is 0 Å². The highest BCUT2D eigenvalue weighted by Crippen LogP contribution is 2.26. The molecule has 0 bridgehead atoms. The van der Waals surface area contributed by atoms with E-state index in [0.29, 0.717) is 22.1 Å². The lowest BCUT2D eigenvalue weighted by Crippen LogP contribution is -2.07. The Morgan fingerprint density at radius 1 is 1.22 bits per heavy atom. The van der Waals surface area contributed by atoms with Crippen molar-refractivity contribution in [1.29, 1.82) is 0 Å². The zero-order chi connectivity index (χ0) is 16.8. The second-order valence-corrected chi connectivity index (χ2v) is 5.45. The van der Waals surface area contributed by atoms with Crippen molar-refractivity contribution in [3.05, 3.63) is 51.4 Å². The molecule has 23 heavy (non-hydrogen) atoms. The van der Waals surface area contributed by atoms with Gasteiger partial charge in [0.2, 0.25) is 5.91 Å². The Labute approximate surface area is 136 Å². The predicted molar refractivity (Wildman–Crippen MR) is 88.2 cm³/mol. The number of rotatable bonds is 6. The molecule has 0 atom stereocenters. The molecule has 1 N–H and O–H groups in total. The van der Waals surface area contributed by atoms with Crippen molar-refractivity contribution in [3.63, 3.8) is 0 Å². The first kappa shape index (κ1) is 16.5. The molecule has 1 amide bonds. The van der Waals surface area contributed by atoms with E-state index in [4.69, 9.17) is 9.47 Å². The third-order valence-corrected chi connectivity index (χ3v) is 3.81. The van der Waals surface area contributed by atoms with Crippen molar-refractivity contribution in [2.75, 3.05) is 19.5 Å². The zero-order valence-corrected chi connectivity index (χ0v) is 13.3. The third kappa shape index (κ3) is 4.55. The normalized spacial score (nSPS) is 10.5. The van der Waals surface area contributed by atoms with Crippen LogP contribution in [0.2, 0.25) is 0 Å². The average molecular weight is 334 g/mol. The average Bonchev–Trinajstić information content (AvgIpc) is 3.01. The minimum atomic E-state index is -0.468. The van der Waals surface area contributed by atoms with E-state index < -0.39 is 4.92 Å². The lowest BCUT2D eigenvalue weighted by atomic mass is 10.2. The van der Waals surface area contributed by atoms with E-state index in [1.54, 1.807) is 24.3 Å². The molecule has 2 rings (SSSR count). The van der Waals surface area contributed by atoms with E-state index in [1.165, 1.54) is 32.4 Å². The maximum atomic E-state index is 11.9. The lowest BCUT2D eigenvalue weighted by molar-refractivity contribution is -0.380. The van der Waals surface area contributed by atoms with Crippen molar-refractivity contribution in [1.82, 2.24) is 0 Å². The van der Waals surface area contributed by atoms with E-state index in [0.717, 1.165) is 11.3 Å². The van der Waals surface area contributed by atoms with Gasteiger partial charge in [0.05, 0.1) is 19.1 Å². The van der Waals surface area contributed by atoms with E-state index >= 15 is 0 Å². The topological polar surface area (TPSA) is 90.7 Å². The second-order valence-electron chi connectivity index (χ2n) is 4.36. The number of hydrogen-bond acceptors (Lipinski definition) is 6. The quantitative estimate of drug-likeness (QED) is 0.497. The summed E-state index contributed by atoms with van der Waals surface area (Å²) in [7, 11) is 3.04. The number of methoxy groups -OCH3 is 2. The molecule has 0 unspecified atom stereocenters. The van der Waals surface area contributed by atoms with Gasteiger partial charge in [-0.1, -0.05) is 11.3 Å². The first-order chi connectivity index (χ1) is 11.0. The molecule has 2 aromatic rings. The molecular formula is C15H14N2O5S. The molecule has 0 spiro atoms. The van der Waals surface area contributed by atoms with Crippen molar-refractivity contribution in [2.45, 2.75) is 0 Å². The number of anilines is 1. The number of amides is 1. The highest BCUT2D eigenvalue weighted by molar-refractivity contribution is 7.16. The fraction of sp³-hybridized carbons (Fsp3) is 0.133. The van der Waals surface area contributed by atoms with Crippen molar-refractivity contribution >= 4 is 34.0 Å². The summed E-state index contributed by atoms with van der Waals surface area (Å²) < 4.78 is 10.2. The summed E-state index contributed by atoms with van der Waals surface area (Å²) in [6.45, 7) is 0. The Morgan fingerprint density at radius 3 is 2.39 bits per heavy atom. The molecule has 0 fully saturated rings. The van der Waals surface area contributed by atoms with Crippen LogP contribution in [-0.2, 0) is 4.79 Å². The van der Waals surface area contributed by atoms with Gasteiger partial charge in [0.1, 0.15) is 11.5 Å². The van der Waals surface area contributed by atoms with E-state index in [-0.39, 0.29) is 10.9 Å². The molecule has 0 saturated heterocycles. The molecule has 1 aromatic heterocycles. The van der Waals surface area contributed by atoms with Crippen molar-refractivity contribution in [2.24, 2.45) is 0 Å². The number of ether oxygens (including phenoxy) is 2. The molecule has 8 heteroatoms. The van der Waals surface area contributed by atoms with Crippen LogP contribution in [0.5, 0.6) is 11.5 Å². The van der Waals surface area contributed by atoms with Gasteiger partial charge in [-0.15, -0.1) is 0 Å². The number of hydrogen-bond donors (Lipinski definition) is 1. The largest absolute Gasteiger partial charge is 0.497 e. The number of carbonyl (C=O) groups excluding carboxylic acids is 1. The molecule has 0 aliphatic heterocycles. The van der Waals surface area contributed by atoms with Crippen molar-refractivity contribution in [3.8, 4) is 11.5 Å². The molecule has 0 aliphatic carbocycles. The van der Waals surface area contributed by atoms with Crippen LogP contribution in [0.3, 0.4) is 0 Å². The van der Waals surface area contributed by atoms with Crippen LogP contribution in [0, 0.1) is 10.1 Å². The van der Waals surface area contributed by atoms with Crippen LogP contribution in [0.1, 0.15) is 4.88 Å².